The Hall–Kier alpha value is -1.82. The molecule has 0 fully saturated rings. The Kier molecular flexibility index (Phi) is 9.03. The maximum atomic E-state index is 13.2. The van der Waals surface area contributed by atoms with E-state index in [1.807, 2.05) is 0 Å². The second-order valence-electron chi connectivity index (χ2n) is 7.17. The van der Waals surface area contributed by atoms with Crippen LogP contribution in [0, 0.1) is 0 Å². The molecule has 0 atom stereocenters. The molecule has 1 heterocycles. The lowest BCUT2D eigenvalue weighted by molar-refractivity contribution is -0.136. The van der Waals surface area contributed by atoms with Crippen LogP contribution < -0.4 is 4.74 Å². The predicted molar refractivity (Wildman–Crippen MR) is 106 cm³/mol. The summed E-state index contributed by atoms with van der Waals surface area (Å²) in [6.07, 6.45) is 6.39. The average molecular weight is 397 g/mol. The topological polar surface area (TPSA) is 42.4 Å². The maximum Gasteiger partial charge on any atom is 0.417 e. The van der Waals surface area contributed by atoms with Gasteiger partial charge in [0.25, 0.3) is 0 Å². The first kappa shape index (κ1) is 22.5. The Morgan fingerprint density at radius 2 is 1.46 bits per heavy atom. The second kappa shape index (κ2) is 11.2. The van der Waals surface area contributed by atoms with E-state index in [1.54, 1.807) is 6.07 Å². The number of pyridine rings is 1. The summed E-state index contributed by atoms with van der Waals surface area (Å²) in [4.78, 5) is 4.45. The SMILES string of the molecule is COc1ccc(C(F)(F)F)c2ccc(CCCCCCCCCCCO)nc12. The van der Waals surface area contributed by atoms with Crippen molar-refractivity contribution in [2.45, 2.75) is 70.4 Å². The smallest absolute Gasteiger partial charge is 0.417 e. The zero-order valence-electron chi connectivity index (χ0n) is 16.5. The number of methoxy groups -OCH3 is 1. The molecule has 0 aliphatic rings. The lowest BCUT2D eigenvalue weighted by Crippen LogP contribution is -2.07. The number of aromatic nitrogens is 1. The van der Waals surface area contributed by atoms with Crippen molar-refractivity contribution in [3.05, 3.63) is 35.5 Å². The third-order valence-electron chi connectivity index (χ3n) is 4.99. The van der Waals surface area contributed by atoms with E-state index in [0.717, 1.165) is 50.3 Å². The number of aliphatic hydroxyl groups is 1. The highest BCUT2D eigenvalue weighted by Gasteiger charge is 2.33. The lowest BCUT2D eigenvalue weighted by atomic mass is 10.0. The fourth-order valence-electron chi connectivity index (χ4n) is 3.44. The third-order valence-corrected chi connectivity index (χ3v) is 4.99. The Balaban J connectivity index is 1.85. The van der Waals surface area contributed by atoms with Crippen LogP contribution in [-0.4, -0.2) is 23.8 Å². The number of aliphatic hydroxyl groups excluding tert-OH is 1. The van der Waals surface area contributed by atoms with E-state index < -0.39 is 11.7 Å². The molecule has 3 nitrogen and oxygen atoms in total. The molecule has 0 saturated heterocycles. The first-order valence-electron chi connectivity index (χ1n) is 10.1. The highest BCUT2D eigenvalue weighted by molar-refractivity contribution is 5.88. The van der Waals surface area contributed by atoms with Crippen LogP contribution in [0.2, 0.25) is 0 Å². The van der Waals surface area contributed by atoms with Gasteiger partial charge in [0.05, 0.1) is 12.7 Å². The summed E-state index contributed by atoms with van der Waals surface area (Å²) in [5.74, 6) is 0.367. The average Bonchev–Trinajstić information content (AvgIpc) is 2.67. The van der Waals surface area contributed by atoms with Crippen LogP contribution in [0.4, 0.5) is 13.2 Å². The number of ether oxygens (including phenoxy) is 1. The van der Waals surface area contributed by atoms with Gasteiger partial charge in [-0.3, -0.25) is 0 Å². The third kappa shape index (κ3) is 6.66. The minimum absolute atomic E-state index is 0.0804. The van der Waals surface area contributed by atoms with E-state index in [-0.39, 0.29) is 17.5 Å². The number of hydrogen-bond acceptors (Lipinski definition) is 3. The monoisotopic (exact) mass is 397 g/mol. The van der Waals surface area contributed by atoms with Crippen molar-refractivity contribution in [3.63, 3.8) is 0 Å². The van der Waals surface area contributed by atoms with E-state index in [0.29, 0.717) is 5.75 Å². The van der Waals surface area contributed by atoms with Crippen LogP contribution in [0.1, 0.15) is 69.0 Å². The first-order valence-corrected chi connectivity index (χ1v) is 10.1. The predicted octanol–water partition coefficient (Wildman–Crippen LogP) is 6.31. The summed E-state index contributed by atoms with van der Waals surface area (Å²) in [6.45, 7) is 0.284. The van der Waals surface area contributed by atoms with Crippen LogP contribution in [-0.2, 0) is 12.6 Å². The molecule has 0 saturated carbocycles. The molecular weight excluding hydrogens is 367 g/mol. The van der Waals surface area contributed by atoms with Crippen molar-refractivity contribution in [1.29, 1.82) is 0 Å². The Labute approximate surface area is 164 Å². The van der Waals surface area contributed by atoms with Gasteiger partial charge in [-0.05, 0) is 37.5 Å². The molecule has 0 aliphatic heterocycles. The van der Waals surface area contributed by atoms with E-state index in [4.69, 9.17) is 9.84 Å². The summed E-state index contributed by atoms with van der Waals surface area (Å²) in [7, 11) is 1.44. The summed E-state index contributed by atoms with van der Waals surface area (Å²) in [5, 5.41) is 8.82. The zero-order chi connectivity index (χ0) is 20.4. The quantitative estimate of drug-likeness (QED) is 0.427. The van der Waals surface area contributed by atoms with Crippen LogP contribution in [0.5, 0.6) is 5.75 Å². The number of fused-ring (bicyclic) bond motifs is 1. The van der Waals surface area contributed by atoms with Gasteiger partial charge < -0.3 is 9.84 Å². The highest BCUT2D eigenvalue weighted by atomic mass is 19.4. The van der Waals surface area contributed by atoms with Crippen LogP contribution in [0.25, 0.3) is 10.9 Å². The number of halogens is 3. The van der Waals surface area contributed by atoms with E-state index in [9.17, 15) is 13.2 Å². The Morgan fingerprint density at radius 1 is 0.857 bits per heavy atom. The number of rotatable bonds is 12. The molecule has 6 heteroatoms. The number of hydrogen-bond donors (Lipinski definition) is 1. The molecular formula is C22H30F3NO2. The Morgan fingerprint density at radius 3 is 2.04 bits per heavy atom. The van der Waals surface area contributed by atoms with Crippen molar-refractivity contribution >= 4 is 10.9 Å². The van der Waals surface area contributed by atoms with E-state index >= 15 is 0 Å². The Bertz CT molecular complexity index is 732. The van der Waals surface area contributed by atoms with Crippen LogP contribution in [0.15, 0.2) is 24.3 Å². The molecule has 0 aliphatic carbocycles. The minimum Gasteiger partial charge on any atom is -0.494 e. The fourth-order valence-corrected chi connectivity index (χ4v) is 3.44. The zero-order valence-corrected chi connectivity index (χ0v) is 16.5. The number of benzene rings is 1. The molecule has 2 rings (SSSR count). The number of nitrogens with zero attached hydrogens (tertiary/aromatic N) is 1. The van der Waals surface area contributed by atoms with Crippen LogP contribution >= 0.6 is 0 Å². The number of unbranched alkanes of at least 4 members (excludes halogenated alkanes) is 8. The summed E-state index contributed by atoms with van der Waals surface area (Å²) in [5.41, 5.74) is 0.396. The van der Waals surface area contributed by atoms with Crippen LogP contribution in [0.3, 0.4) is 0 Å². The van der Waals surface area contributed by atoms with Gasteiger partial charge in [0.1, 0.15) is 11.3 Å². The van der Waals surface area contributed by atoms with Crippen molar-refractivity contribution in [3.8, 4) is 5.75 Å². The molecule has 0 unspecified atom stereocenters. The van der Waals surface area contributed by atoms with E-state index in [1.165, 1.54) is 44.9 Å². The maximum absolute atomic E-state index is 13.2. The number of aryl methyl sites for hydroxylation is 1. The van der Waals surface area contributed by atoms with Crippen molar-refractivity contribution in [1.82, 2.24) is 4.98 Å². The van der Waals surface area contributed by atoms with Gasteiger partial charge in [0, 0.05) is 17.7 Å². The normalized spacial score (nSPS) is 11.9. The first-order chi connectivity index (χ1) is 13.5. The summed E-state index contributed by atoms with van der Waals surface area (Å²) in [6, 6.07) is 5.59. The summed E-state index contributed by atoms with van der Waals surface area (Å²) < 4.78 is 44.8. The molecule has 1 aromatic carbocycles. The molecule has 1 N–H and O–H groups in total. The molecule has 28 heavy (non-hydrogen) atoms. The molecule has 156 valence electrons. The largest absolute Gasteiger partial charge is 0.494 e. The van der Waals surface area contributed by atoms with Gasteiger partial charge in [-0.25, -0.2) is 4.98 Å². The van der Waals surface area contributed by atoms with Crippen molar-refractivity contribution < 1.29 is 23.0 Å². The molecule has 2 aromatic rings. The highest BCUT2D eigenvalue weighted by Crippen LogP contribution is 2.37. The van der Waals surface area contributed by atoms with Gasteiger partial charge in [-0.1, -0.05) is 51.0 Å². The van der Waals surface area contributed by atoms with Gasteiger partial charge in [0.15, 0.2) is 0 Å². The van der Waals surface area contributed by atoms with Crippen molar-refractivity contribution in [2.75, 3.05) is 13.7 Å². The molecule has 0 spiro atoms. The van der Waals surface area contributed by atoms with E-state index in [2.05, 4.69) is 4.98 Å². The lowest BCUT2D eigenvalue weighted by Gasteiger charge is -2.13. The second-order valence-corrected chi connectivity index (χ2v) is 7.17. The molecule has 1 aromatic heterocycles. The summed E-state index contributed by atoms with van der Waals surface area (Å²) >= 11 is 0. The fraction of sp³-hybridized carbons (Fsp3) is 0.591. The van der Waals surface area contributed by atoms with Crippen molar-refractivity contribution in [2.24, 2.45) is 0 Å². The van der Waals surface area contributed by atoms with Gasteiger partial charge in [0.2, 0.25) is 0 Å². The number of alkyl halides is 3. The minimum atomic E-state index is -4.41. The molecule has 0 bridgehead atoms. The standard InChI is InChI=1S/C22H30F3NO2/c1-28-20-15-14-19(22(23,24)25)18-13-12-17(26-21(18)20)11-9-7-5-3-2-4-6-8-10-16-27/h12-15,27H,2-11,16H2,1H3. The van der Waals surface area contributed by atoms with Gasteiger partial charge in [-0.15, -0.1) is 0 Å². The molecule has 0 radical (unpaired) electrons. The van der Waals surface area contributed by atoms with Gasteiger partial charge in [-0.2, -0.15) is 13.2 Å². The van der Waals surface area contributed by atoms with Gasteiger partial charge >= 0.3 is 6.18 Å². The molecule has 0 amide bonds.